The first kappa shape index (κ1) is 19.7. The van der Waals surface area contributed by atoms with Crippen molar-refractivity contribution in [2.75, 3.05) is 27.3 Å². The minimum absolute atomic E-state index is 0.0402. The third kappa shape index (κ3) is 3.70. The lowest BCUT2D eigenvalue weighted by atomic mass is 9.72. The van der Waals surface area contributed by atoms with Gasteiger partial charge in [-0.05, 0) is 43.2 Å². The van der Waals surface area contributed by atoms with E-state index >= 15 is 0 Å². The molecular formula is C22H30N4O3. The van der Waals surface area contributed by atoms with Crippen molar-refractivity contribution in [2.45, 2.75) is 52.0 Å². The van der Waals surface area contributed by atoms with Crippen LogP contribution < -0.4 is 9.47 Å². The summed E-state index contributed by atoms with van der Waals surface area (Å²) >= 11 is 0. The quantitative estimate of drug-likeness (QED) is 0.791. The largest absolute Gasteiger partial charge is 0.497 e. The van der Waals surface area contributed by atoms with Crippen LogP contribution in [0.25, 0.3) is 0 Å². The molecule has 1 spiro atoms. The van der Waals surface area contributed by atoms with Crippen molar-refractivity contribution in [3.63, 3.8) is 0 Å². The van der Waals surface area contributed by atoms with E-state index in [2.05, 4.69) is 21.7 Å². The Morgan fingerprint density at radius 1 is 1.07 bits per heavy atom. The van der Waals surface area contributed by atoms with E-state index in [0.717, 1.165) is 69.8 Å². The van der Waals surface area contributed by atoms with Crippen LogP contribution in [0.15, 0.2) is 18.2 Å². The normalized spacial score (nSPS) is 18.2. The van der Waals surface area contributed by atoms with Crippen molar-refractivity contribution in [1.82, 2.24) is 19.7 Å². The molecule has 0 saturated carbocycles. The van der Waals surface area contributed by atoms with Gasteiger partial charge in [0.05, 0.1) is 19.8 Å². The molecule has 2 aliphatic rings. The van der Waals surface area contributed by atoms with Crippen LogP contribution in [0.3, 0.4) is 0 Å². The van der Waals surface area contributed by atoms with E-state index in [-0.39, 0.29) is 5.91 Å². The van der Waals surface area contributed by atoms with Gasteiger partial charge in [-0.3, -0.25) is 4.79 Å². The Morgan fingerprint density at radius 3 is 2.52 bits per heavy atom. The zero-order valence-electron chi connectivity index (χ0n) is 17.6. The second-order valence-corrected chi connectivity index (χ2v) is 8.15. The van der Waals surface area contributed by atoms with Gasteiger partial charge in [-0.25, -0.2) is 0 Å². The molecule has 29 heavy (non-hydrogen) atoms. The van der Waals surface area contributed by atoms with Gasteiger partial charge in [0.15, 0.2) is 0 Å². The molecule has 7 heteroatoms. The van der Waals surface area contributed by atoms with E-state index in [4.69, 9.17) is 9.47 Å². The fraction of sp³-hybridized carbons (Fsp3) is 0.591. The maximum absolute atomic E-state index is 13.1. The number of amides is 1. The van der Waals surface area contributed by atoms with Gasteiger partial charge in [-0.1, -0.05) is 6.92 Å². The first-order chi connectivity index (χ1) is 14.1. The number of aryl methyl sites for hydroxylation is 2. The summed E-state index contributed by atoms with van der Waals surface area (Å²) in [6.07, 6.45) is 6.24. The topological polar surface area (TPSA) is 69.5 Å². The zero-order valence-corrected chi connectivity index (χ0v) is 17.6. The van der Waals surface area contributed by atoms with Gasteiger partial charge in [0, 0.05) is 38.5 Å². The summed E-state index contributed by atoms with van der Waals surface area (Å²) in [5, 5.41) is 8.73. The number of aromatic nitrogens is 3. The SMILES string of the molecule is CCc1nnc2n1CCC1(CC2)CCN(C(=O)c2ccc(OC)cc2OC)CC1. The van der Waals surface area contributed by atoms with Gasteiger partial charge in [0.1, 0.15) is 23.1 Å². The molecule has 156 valence electrons. The highest BCUT2D eigenvalue weighted by atomic mass is 16.5. The molecule has 7 nitrogen and oxygen atoms in total. The van der Waals surface area contributed by atoms with Crippen molar-refractivity contribution in [2.24, 2.45) is 5.41 Å². The summed E-state index contributed by atoms with van der Waals surface area (Å²) in [6.45, 7) is 4.70. The molecule has 2 aromatic rings. The molecule has 1 fully saturated rings. The summed E-state index contributed by atoms with van der Waals surface area (Å²) in [4.78, 5) is 15.1. The number of hydrogen-bond acceptors (Lipinski definition) is 5. The van der Waals surface area contributed by atoms with Crippen LogP contribution in [0.2, 0.25) is 0 Å². The Morgan fingerprint density at radius 2 is 1.83 bits per heavy atom. The highest BCUT2D eigenvalue weighted by Gasteiger charge is 2.38. The van der Waals surface area contributed by atoms with Crippen LogP contribution in [0.4, 0.5) is 0 Å². The molecule has 3 heterocycles. The minimum Gasteiger partial charge on any atom is -0.497 e. The average molecular weight is 399 g/mol. The van der Waals surface area contributed by atoms with E-state index in [1.807, 2.05) is 11.0 Å². The summed E-state index contributed by atoms with van der Waals surface area (Å²) in [6, 6.07) is 5.38. The first-order valence-corrected chi connectivity index (χ1v) is 10.5. The van der Waals surface area contributed by atoms with E-state index < -0.39 is 0 Å². The number of likely N-dealkylation sites (tertiary alicyclic amines) is 1. The number of rotatable bonds is 4. The lowest BCUT2D eigenvalue weighted by molar-refractivity contribution is 0.0532. The van der Waals surface area contributed by atoms with Gasteiger partial charge >= 0.3 is 0 Å². The summed E-state index contributed by atoms with van der Waals surface area (Å²) in [7, 11) is 3.20. The number of carbonyl (C=O) groups excluding carboxylic acids is 1. The number of ether oxygens (including phenoxy) is 2. The number of carbonyl (C=O) groups is 1. The fourth-order valence-corrected chi connectivity index (χ4v) is 4.76. The average Bonchev–Trinajstić information content (AvgIpc) is 3.09. The summed E-state index contributed by atoms with van der Waals surface area (Å²) in [5.74, 6) is 3.51. The van der Waals surface area contributed by atoms with Crippen LogP contribution in [-0.4, -0.2) is 52.9 Å². The Kier molecular flexibility index (Phi) is 5.48. The maximum atomic E-state index is 13.1. The van der Waals surface area contributed by atoms with Crippen molar-refractivity contribution in [1.29, 1.82) is 0 Å². The molecule has 4 rings (SSSR count). The summed E-state index contributed by atoms with van der Waals surface area (Å²) < 4.78 is 13.0. The molecule has 0 aliphatic carbocycles. The Balaban J connectivity index is 1.43. The predicted octanol–water partition coefficient (Wildman–Crippen LogP) is 3.12. The van der Waals surface area contributed by atoms with Crippen molar-refractivity contribution in [3.8, 4) is 11.5 Å². The second-order valence-electron chi connectivity index (χ2n) is 8.15. The highest BCUT2D eigenvalue weighted by Crippen LogP contribution is 2.42. The molecule has 0 N–H and O–H groups in total. The molecule has 0 unspecified atom stereocenters. The number of hydrogen-bond donors (Lipinski definition) is 0. The van der Waals surface area contributed by atoms with Crippen LogP contribution in [0.5, 0.6) is 11.5 Å². The van der Waals surface area contributed by atoms with E-state index in [1.165, 1.54) is 0 Å². The van der Waals surface area contributed by atoms with Crippen LogP contribution >= 0.6 is 0 Å². The predicted molar refractivity (Wildman–Crippen MR) is 109 cm³/mol. The molecule has 0 atom stereocenters. The summed E-state index contributed by atoms with van der Waals surface area (Å²) in [5.41, 5.74) is 0.899. The van der Waals surface area contributed by atoms with Crippen LogP contribution in [-0.2, 0) is 19.4 Å². The van der Waals surface area contributed by atoms with Crippen molar-refractivity contribution < 1.29 is 14.3 Å². The standard InChI is InChI=1S/C22H30N4O3/c1-4-19-23-24-20-7-8-22(11-14-26(19)20)9-12-25(13-10-22)21(27)17-6-5-16(28-2)15-18(17)29-3/h5-6,15H,4,7-14H2,1-3H3. The number of nitrogens with zero attached hydrogens (tertiary/aromatic N) is 4. The minimum atomic E-state index is 0.0402. The van der Waals surface area contributed by atoms with E-state index in [1.54, 1.807) is 26.4 Å². The maximum Gasteiger partial charge on any atom is 0.257 e. The Bertz CT molecular complexity index is 884. The highest BCUT2D eigenvalue weighted by molar-refractivity contribution is 5.97. The third-order valence-electron chi connectivity index (χ3n) is 6.72. The van der Waals surface area contributed by atoms with Gasteiger partial charge in [-0.2, -0.15) is 0 Å². The van der Waals surface area contributed by atoms with Crippen molar-refractivity contribution >= 4 is 5.91 Å². The number of methoxy groups -OCH3 is 2. The Labute approximate surface area is 172 Å². The van der Waals surface area contributed by atoms with Gasteiger partial charge < -0.3 is 18.9 Å². The second kappa shape index (κ2) is 8.05. The molecule has 1 saturated heterocycles. The van der Waals surface area contributed by atoms with E-state index in [0.29, 0.717) is 22.5 Å². The monoisotopic (exact) mass is 398 g/mol. The number of piperidine rings is 1. The molecule has 2 aliphatic heterocycles. The lowest BCUT2D eigenvalue weighted by Gasteiger charge is -2.41. The zero-order chi connectivity index (χ0) is 20.4. The van der Waals surface area contributed by atoms with E-state index in [9.17, 15) is 4.79 Å². The van der Waals surface area contributed by atoms with Crippen LogP contribution in [0, 0.1) is 5.41 Å². The number of benzene rings is 1. The smallest absolute Gasteiger partial charge is 0.257 e. The van der Waals surface area contributed by atoms with Gasteiger partial charge in [0.2, 0.25) is 0 Å². The van der Waals surface area contributed by atoms with Gasteiger partial charge in [-0.15, -0.1) is 10.2 Å². The molecular weight excluding hydrogens is 368 g/mol. The van der Waals surface area contributed by atoms with Crippen LogP contribution in [0.1, 0.15) is 54.6 Å². The molecule has 1 aromatic heterocycles. The Hall–Kier alpha value is -2.57. The molecule has 1 amide bonds. The molecule has 0 bridgehead atoms. The van der Waals surface area contributed by atoms with Crippen molar-refractivity contribution in [3.05, 3.63) is 35.4 Å². The lowest BCUT2D eigenvalue weighted by Crippen LogP contribution is -2.43. The molecule has 0 radical (unpaired) electrons. The first-order valence-electron chi connectivity index (χ1n) is 10.5. The fourth-order valence-electron chi connectivity index (χ4n) is 4.76. The number of fused-ring (bicyclic) bond motifs is 1. The molecule has 1 aromatic carbocycles. The third-order valence-corrected chi connectivity index (χ3v) is 6.72. The van der Waals surface area contributed by atoms with Gasteiger partial charge in [0.25, 0.3) is 5.91 Å².